The summed E-state index contributed by atoms with van der Waals surface area (Å²) in [5.41, 5.74) is 4.43. The van der Waals surface area contributed by atoms with Crippen LogP contribution in [0.3, 0.4) is 0 Å². The summed E-state index contributed by atoms with van der Waals surface area (Å²) in [6, 6.07) is 7.33. The Labute approximate surface area is 216 Å². The second-order valence-electron chi connectivity index (χ2n) is 8.99. The highest BCUT2D eigenvalue weighted by atomic mass is 35.5. The maximum atomic E-state index is 12.9. The molecule has 1 amide bonds. The fourth-order valence-corrected chi connectivity index (χ4v) is 5.05. The van der Waals surface area contributed by atoms with E-state index in [2.05, 4.69) is 42.2 Å². The van der Waals surface area contributed by atoms with Crippen molar-refractivity contribution in [2.24, 2.45) is 0 Å². The van der Waals surface area contributed by atoms with Gasteiger partial charge in [0.15, 0.2) is 17.2 Å². The van der Waals surface area contributed by atoms with Gasteiger partial charge in [-0.05, 0) is 32.0 Å². The number of hydrogen-bond acceptors (Lipinski definition) is 9. The largest absolute Gasteiger partial charge is 0.366 e. The molecule has 5 aromatic rings. The number of halogens is 1. The van der Waals surface area contributed by atoms with Gasteiger partial charge in [0, 0.05) is 49.4 Å². The van der Waals surface area contributed by atoms with Gasteiger partial charge in [-0.15, -0.1) is 0 Å². The molecule has 0 spiro atoms. The molecular weight excluding hydrogens is 494 g/mol. The zero-order valence-corrected chi connectivity index (χ0v) is 21.0. The highest BCUT2D eigenvalue weighted by Crippen LogP contribution is 2.39. The molecule has 1 atom stereocenters. The van der Waals surface area contributed by atoms with Gasteiger partial charge in [0.2, 0.25) is 0 Å². The van der Waals surface area contributed by atoms with Crippen LogP contribution in [0, 0.1) is 6.92 Å². The summed E-state index contributed by atoms with van der Waals surface area (Å²) in [5.74, 6) is 1.11. The Hall–Kier alpha value is -4.25. The van der Waals surface area contributed by atoms with Crippen LogP contribution in [0.25, 0.3) is 22.1 Å². The Morgan fingerprint density at radius 3 is 2.76 bits per heavy atom. The van der Waals surface area contributed by atoms with Gasteiger partial charge in [-0.2, -0.15) is 0 Å². The van der Waals surface area contributed by atoms with Crippen molar-refractivity contribution in [1.29, 1.82) is 0 Å². The van der Waals surface area contributed by atoms with Gasteiger partial charge in [-0.1, -0.05) is 16.8 Å². The minimum Gasteiger partial charge on any atom is -0.366 e. The van der Waals surface area contributed by atoms with Gasteiger partial charge >= 0.3 is 0 Å². The maximum absolute atomic E-state index is 12.9. The van der Waals surface area contributed by atoms with Crippen molar-refractivity contribution in [3.63, 3.8) is 0 Å². The van der Waals surface area contributed by atoms with E-state index in [1.807, 2.05) is 18.2 Å². The van der Waals surface area contributed by atoms with E-state index in [0.717, 1.165) is 22.2 Å². The summed E-state index contributed by atoms with van der Waals surface area (Å²) in [6.07, 6.45) is 4.87. The summed E-state index contributed by atoms with van der Waals surface area (Å²) in [7, 11) is 0. The normalized spacial score (nSPS) is 14.9. The van der Waals surface area contributed by atoms with Crippen molar-refractivity contribution in [3.05, 3.63) is 65.2 Å². The zero-order valence-electron chi connectivity index (χ0n) is 20.3. The van der Waals surface area contributed by atoms with Crippen molar-refractivity contribution in [2.45, 2.75) is 19.9 Å². The number of aryl methyl sites for hydroxylation is 1. The lowest BCUT2D eigenvalue weighted by molar-refractivity contribution is 0.0736. The molecule has 0 radical (unpaired) electrons. The number of anilines is 2. The van der Waals surface area contributed by atoms with E-state index in [9.17, 15) is 4.79 Å². The number of carbonyl (C=O) groups excluding carboxylic acids is 1. The van der Waals surface area contributed by atoms with Crippen LogP contribution in [-0.4, -0.2) is 67.1 Å². The fourth-order valence-electron chi connectivity index (χ4n) is 4.78. The number of nitrogens with zero attached hydrogens (tertiary/aromatic N) is 7. The van der Waals surface area contributed by atoms with Crippen molar-refractivity contribution in [3.8, 4) is 0 Å². The maximum Gasteiger partial charge on any atom is 0.276 e. The summed E-state index contributed by atoms with van der Waals surface area (Å²) < 4.78 is 5.09. The van der Waals surface area contributed by atoms with Crippen LogP contribution < -0.4 is 10.2 Å². The SMILES string of the molecule is Cc1cc(C(=O)N2CCN(c3c(C(C)Nc4ncnc5[nH]cnc45)cc(Cl)c4cccnc34)CC2)no1. The number of piperazine rings is 1. The number of benzene rings is 1. The number of hydrogen-bond donors (Lipinski definition) is 2. The van der Waals surface area contributed by atoms with E-state index < -0.39 is 0 Å². The van der Waals surface area contributed by atoms with E-state index in [0.29, 0.717) is 59.6 Å². The highest BCUT2D eigenvalue weighted by Gasteiger charge is 2.28. The van der Waals surface area contributed by atoms with Gasteiger partial charge in [-0.25, -0.2) is 15.0 Å². The first-order valence-corrected chi connectivity index (χ1v) is 12.3. The third-order valence-corrected chi connectivity index (χ3v) is 6.92. The summed E-state index contributed by atoms with van der Waals surface area (Å²) in [6.45, 7) is 6.18. The van der Waals surface area contributed by atoms with Gasteiger partial charge in [0.25, 0.3) is 5.91 Å². The highest BCUT2D eigenvalue weighted by molar-refractivity contribution is 6.36. The molecule has 188 valence electrons. The van der Waals surface area contributed by atoms with Gasteiger partial charge in [0.1, 0.15) is 17.6 Å². The van der Waals surface area contributed by atoms with Crippen LogP contribution in [-0.2, 0) is 0 Å². The van der Waals surface area contributed by atoms with Gasteiger partial charge in [-0.3, -0.25) is 9.78 Å². The summed E-state index contributed by atoms with van der Waals surface area (Å²) >= 11 is 6.73. The number of rotatable bonds is 5. The predicted octanol–water partition coefficient (Wildman–Crippen LogP) is 3.99. The number of amides is 1. The molecule has 0 bridgehead atoms. The standard InChI is InChI=1S/C25H24ClN9O2/c1-14-10-19(33-37-14)25(36)35-8-6-34(7-9-35)22-17(11-18(26)16-4-3-5-27-20(16)22)15(2)32-24-21-23(29-12-28-21)30-13-31-24/h3-5,10-13,15H,6-9H2,1-2H3,(H2,28,29,30,31,32). The van der Waals surface area contributed by atoms with E-state index >= 15 is 0 Å². The second-order valence-corrected chi connectivity index (χ2v) is 9.39. The van der Waals surface area contributed by atoms with Gasteiger partial charge in [0.05, 0.1) is 28.6 Å². The number of fused-ring (bicyclic) bond motifs is 2. The number of pyridine rings is 1. The Morgan fingerprint density at radius 2 is 1.97 bits per heavy atom. The average molecular weight is 518 g/mol. The molecule has 11 nitrogen and oxygen atoms in total. The number of H-pyrrole nitrogens is 1. The number of carbonyl (C=O) groups is 1. The molecule has 6 rings (SSSR count). The van der Waals surface area contributed by atoms with Crippen molar-refractivity contribution in [2.75, 3.05) is 36.4 Å². The van der Waals surface area contributed by atoms with E-state index in [-0.39, 0.29) is 11.9 Å². The smallest absolute Gasteiger partial charge is 0.276 e. The average Bonchev–Trinajstić information content (AvgIpc) is 3.58. The first-order chi connectivity index (χ1) is 18.0. The minimum atomic E-state index is -0.175. The van der Waals surface area contributed by atoms with Crippen LogP contribution >= 0.6 is 11.6 Å². The zero-order chi connectivity index (χ0) is 25.5. The number of imidazole rings is 1. The molecule has 1 unspecified atom stereocenters. The third kappa shape index (κ3) is 4.20. The molecule has 12 heteroatoms. The first-order valence-electron chi connectivity index (χ1n) is 11.9. The predicted molar refractivity (Wildman–Crippen MR) is 140 cm³/mol. The third-order valence-electron chi connectivity index (χ3n) is 6.61. The Balaban J connectivity index is 1.33. The van der Waals surface area contributed by atoms with E-state index in [1.54, 1.807) is 30.4 Å². The topological polar surface area (TPSA) is 129 Å². The minimum absolute atomic E-state index is 0.127. The molecule has 4 aromatic heterocycles. The summed E-state index contributed by atoms with van der Waals surface area (Å²) in [4.78, 5) is 37.7. The Kier molecular flexibility index (Phi) is 5.84. The molecule has 1 aliphatic heterocycles. The van der Waals surface area contributed by atoms with Crippen LogP contribution in [0.1, 0.15) is 34.8 Å². The first kappa shape index (κ1) is 23.2. The van der Waals surface area contributed by atoms with Crippen LogP contribution in [0.5, 0.6) is 0 Å². The number of aromatic nitrogens is 6. The Morgan fingerprint density at radius 1 is 1.14 bits per heavy atom. The second kappa shape index (κ2) is 9.32. The molecule has 5 heterocycles. The molecule has 1 aliphatic rings. The number of aromatic amines is 1. The summed E-state index contributed by atoms with van der Waals surface area (Å²) in [5, 5.41) is 8.86. The lowest BCUT2D eigenvalue weighted by atomic mass is 10.0. The molecule has 0 aliphatic carbocycles. The molecular formula is C25H24ClN9O2. The quantitative estimate of drug-likeness (QED) is 0.355. The molecule has 1 aromatic carbocycles. The van der Waals surface area contributed by atoms with Crippen LogP contribution in [0.2, 0.25) is 5.02 Å². The van der Waals surface area contributed by atoms with E-state index in [1.165, 1.54) is 6.33 Å². The Bertz CT molecular complexity index is 1610. The monoisotopic (exact) mass is 517 g/mol. The number of nitrogens with one attached hydrogen (secondary N) is 2. The molecule has 37 heavy (non-hydrogen) atoms. The molecule has 1 fully saturated rings. The fraction of sp³-hybridized carbons (Fsp3) is 0.280. The van der Waals surface area contributed by atoms with Crippen LogP contribution in [0.15, 0.2) is 47.6 Å². The van der Waals surface area contributed by atoms with Crippen molar-refractivity contribution < 1.29 is 9.32 Å². The van der Waals surface area contributed by atoms with Crippen molar-refractivity contribution >= 4 is 51.1 Å². The molecule has 2 N–H and O–H groups in total. The lowest BCUT2D eigenvalue weighted by Gasteiger charge is -2.37. The molecule has 0 saturated carbocycles. The van der Waals surface area contributed by atoms with Crippen LogP contribution in [0.4, 0.5) is 11.5 Å². The van der Waals surface area contributed by atoms with Crippen molar-refractivity contribution in [1.82, 2.24) is 35.0 Å². The van der Waals surface area contributed by atoms with E-state index in [4.69, 9.17) is 21.1 Å². The molecule has 1 saturated heterocycles. The van der Waals surface area contributed by atoms with Gasteiger partial charge < -0.3 is 24.6 Å². The lowest BCUT2D eigenvalue weighted by Crippen LogP contribution is -2.49.